The number of imide groups is 2. The molecule has 1 heterocycles. The Hall–Kier alpha value is -1.91. The Bertz CT molecular complexity index is 405. The first-order valence-electron chi connectivity index (χ1n) is 5.55. The Labute approximate surface area is 98.9 Å². The van der Waals surface area contributed by atoms with Gasteiger partial charge in [0.1, 0.15) is 5.41 Å². The van der Waals surface area contributed by atoms with Gasteiger partial charge in [-0.3, -0.25) is 20.2 Å². The molecule has 5 nitrogen and oxygen atoms in total. The fraction of sp³-hybridized carbons (Fsp3) is 0.417. The first kappa shape index (κ1) is 11.6. The molecular formula is C12H14N2O3. The van der Waals surface area contributed by atoms with Crippen molar-refractivity contribution in [3.8, 4) is 0 Å². The van der Waals surface area contributed by atoms with Gasteiger partial charge in [0.05, 0.1) is 0 Å². The highest BCUT2D eigenvalue weighted by Gasteiger charge is 2.54. The van der Waals surface area contributed by atoms with Crippen molar-refractivity contribution >= 4 is 17.8 Å². The number of carbonyl (C=O) groups is 3. The molecule has 0 spiro atoms. The molecule has 2 N–H and O–H groups in total. The van der Waals surface area contributed by atoms with Gasteiger partial charge in [0.15, 0.2) is 0 Å². The third kappa shape index (κ3) is 1.67. The monoisotopic (exact) mass is 234 g/mol. The predicted octanol–water partition coefficient (Wildman–Crippen LogP) is 0.881. The SMILES string of the molecule is C=CCC1(C2C=CCC2)C(=O)NC(=O)NC1=O. The van der Waals surface area contributed by atoms with Crippen LogP contribution < -0.4 is 10.6 Å². The molecule has 0 bridgehead atoms. The van der Waals surface area contributed by atoms with Crippen molar-refractivity contribution in [3.63, 3.8) is 0 Å². The number of rotatable bonds is 3. The molecule has 17 heavy (non-hydrogen) atoms. The van der Waals surface area contributed by atoms with Crippen LogP contribution in [0.25, 0.3) is 0 Å². The van der Waals surface area contributed by atoms with Crippen LogP contribution in [0.2, 0.25) is 0 Å². The van der Waals surface area contributed by atoms with Crippen LogP contribution in [0.5, 0.6) is 0 Å². The van der Waals surface area contributed by atoms with Crippen LogP contribution in [0.15, 0.2) is 24.8 Å². The van der Waals surface area contributed by atoms with E-state index in [4.69, 9.17) is 0 Å². The zero-order valence-corrected chi connectivity index (χ0v) is 9.36. The van der Waals surface area contributed by atoms with E-state index in [1.165, 1.54) is 0 Å². The van der Waals surface area contributed by atoms with Gasteiger partial charge in [0, 0.05) is 5.92 Å². The second-order valence-corrected chi connectivity index (χ2v) is 4.31. The Kier molecular flexibility index (Phi) is 2.83. The molecular weight excluding hydrogens is 220 g/mol. The lowest BCUT2D eigenvalue weighted by Crippen LogP contribution is -2.64. The van der Waals surface area contributed by atoms with Crippen LogP contribution in [0, 0.1) is 11.3 Å². The first-order chi connectivity index (χ1) is 8.11. The van der Waals surface area contributed by atoms with Crippen LogP contribution in [0.3, 0.4) is 0 Å². The van der Waals surface area contributed by atoms with E-state index in [-0.39, 0.29) is 12.3 Å². The van der Waals surface area contributed by atoms with E-state index in [9.17, 15) is 14.4 Å². The number of urea groups is 1. The minimum Gasteiger partial charge on any atom is -0.277 e. The molecule has 1 aliphatic heterocycles. The predicted molar refractivity (Wildman–Crippen MR) is 60.8 cm³/mol. The van der Waals surface area contributed by atoms with Gasteiger partial charge in [0.2, 0.25) is 11.8 Å². The zero-order chi connectivity index (χ0) is 12.5. The van der Waals surface area contributed by atoms with Gasteiger partial charge in [0.25, 0.3) is 0 Å². The highest BCUT2D eigenvalue weighted by molar-refractivity contribution is 6.19. The quantitative estimate of drug-likeness (QED) is 0.562. The molecule has 0 aromatic rings. The van der Waals surface area contributed by atoms with Crippen LogP contribution >= 0.6 is 0 Å². The molecule has 1 atom stereocenters. The molecule has 0 radical (unpaired) electrons. The highest BCUT2D eigenvalue weighted by Crippen LogP contribution is 2.40. The highest BCUT2D eigenvalue weighted by atomic mass is 16.2. The van der Waals surface area contributed by atoms with Crippen LogP contribution in [-0.4, -0.2) is 17.8 Å². The maximum Gasteiger partial charge on any atom is 0.328 e. The van der Waals surface area contributed by atoms with Gasteiger partial charge in [-0.1, -0.05) is 18.2 Å². The van der Waals surface area contributed by atoms with E-state index in [1.54, 1.807) is 6.08 Å². The molecule has 1 unspecified atom stereocenters. The standard InChI is InChI=1S/C12H14N2O3/c1-2-7-12(8-5-3-4-6-8)9(15)13-11(17)14-10(12)16/h2-3,5,8H,1,4,6-7H2,(H2,13,14,15,16,17). The summed E-state index contributed by atoms with van der Waals surface area (Å²) in [6.45, 7) is 3.59. The van der Waals surface area contributed by atoms with Crippen LogP contribution in [0.4, 0.5) is 4.79 Å². The summed E-state index contributed by atoms with van der Waals surface area (Å²) >= 11 is 0. The Morgan fingerprint density at radius 3 is 2.47 bits per heavy atom. The lowest BCUT2D eigenvalue weighted by Gasteiger charge is -2.37. The average molecular weight is 234 g/mol. The zero-order valence-electron chi connectivity index (χ0n) is 9.36. The molecule has 4 amide bonds. The van der Waals surface area contributed by atoms with Gasteiger partial charge >= 0.3 is 6.03 Å². The number of nitrogens with one attached hydrogen (secondary N) is 2. The van der Waals surface area contributed by atoms with E-state index in [0.717, 1.165) is 12.8 Å². The van der Waals surface area contributed by atoms with Gasteiger partial charge in [-0.15, -0.1) is 6.58 Å². The van der Waals surface area contributed by atoms with Crippen molar-refractivity contribution in [3.05, 3.63) is 24.8 Å². The number of allylic oxidation sites excluding steroid dienone is 3. The van der Waals surface area contributed by atoms with Crippen molar-refractivity contribution in [1.29, 1.82) is 0 Å². The van der Waals surface area contributed by atoms with Crippen LogP contribution in [0.1, 0.15) is 19.3 Å². The van der Waals surface area contributed by atoms with Gasteiger partial charge in [-0.25, -0.2) is 4.79 Å². The molecule has 1 saturated heterocycles. The van der Waals surface area contributed by atoms with E-state index < -0.39 is 23.3 Å². The summed E-state index contributed by atoms with van der Waals surface area (Å²) in [6.07, 6.45) is 7.18. The summed E-state index contributed by atoms with van der Waals surface area (Å²) in [5.41, 5.74) is -1.22. The maximum atomic E-state index is 12.0. The third-order valence-electron chi connectivity index (χ3n) is 3.38. The number of hydrogen-bond acceptors (Lipinski definition) is 3. The second kappa shape index (κ2) is 4.16. The normalized spacial score (nSPS) is 26.6. The molecule has 90 valence electrons. The summed E-state index contributed by atoms with van der Waals surface area (Å²) in [6, 6.07) is -0.748. The van der Waals surface area contributed by atoms with Crippen molar-refractivity contribution in [2.75, 3.05) is 0 Å². The maximum absolute atomic E-state index is 12.0. The lowest BCUT2D eigenvalue weighted by atomic mass is 9.70. The van der Waals surface area contributed by atoms with Gasteiger partial charge in [-0.2, -0.15) is 0 Å². The van der Waals surface area contributed by atoms with E-state index in [2.05, 4.69) is 17.2 Å². The van der Waals surface area contributed by atoms with Crippen molar-refractivity contribution in [1.82, 2.24) is 10.6 Å². The van der Waals surface area contributed by atoms with Gasteiger partial charge in [-0.05, 0) is 19.3 Å². The minimum atomic E-state index is -1.22. The number of hydrogen-bond donors (Lipinski definition) is 2. The summed E-state index contributed by atoms with van der Waals surface area (Å²) < 4.78 is 0. The fourth-order valence-corrected chi connectivity index (χ4v) is 2.51. The molecule has 0 aromatic heterocycles. The van der Waals surface area contributed by atoms with Gasteiger partial charge < -0.3 is 0 Å². The van der Waals surface area contributed by atoms with Crippen molar-refractivity contribution < 1.29 is 14.4 Å². The first-order valence-corrected chi connectivity index (χ1v) is 5.55. The molecule has 0 saturated carbocycles. The molecule has 2 aliphatic rings. The fourth-order valence-electron chi connectivity index (χ4n) is 2.51. The average Bonchev–Trinajstić information content (AvgIpc) is 2.77. The Morgan fingerprint density at radius 1 is 1.35 bits per heavy atom. The second-order valence-electron chi connectivity index (χ2n) is 4.31. The summed E-state index contributed by atoms with van der Waals surface area (Å²) in [5, 5.41) is 4.34. The van der Waals surface area contributed by atoms with Crippen molar-refractivity contribution in [2.45, 2.75) is 19.3 Å². The minimum absolute atomic E-state index is 0.173. The lowest BCUT2D eigenvalue weighted by molar-refractivity contribution is -0.147. The molecule has 5 heteroatoms. The number of barbiturate groups is 1. The molecule has 2 rings (SSSR count). The Balaban J connectivity index is 2.40. The van der Waals surface area contributed by atoms with Crippen LogP contribution in [-0.2, 0) is 9.59 Å². The topological polar surface area (TPSA) is 75.3 Å². The summed E-state index contributed by atoms with van der Waals surface area (Å²) in [5.74, 6) is -1.22. The largest absolute Gasteiger partial charge is 0.328 e. The number of carbonyl (C=O) groups excluding carboxylic acids is 3. The molecule has 1 fully saturated rings. The van der Waals surface area contributed by atoms with Crippen molar-refractivity contribution in [2.24, 2.45) is 11.3 Å². The molecule has 0 aromatic carbocycles. The number of amides is 4. The van der Waals surface area contributed by atoms with E-state index >= 15 is 0 Å². The van der Waals surface area contributed by atoms with E-state index in [1.807, 2.05) is 12.2 Å². The smallest absolute Gasteiger partial charge is 0.277 e. The third-order valence-corrected chi connectivity index (χ3v) is 3.38. The molecule has 1 aliphatic carbocycles. The Morgan fingerprint density at radius 2 is 2.00 bits per heavy atom. The van der Waals surface area contributed by atoms with E-state index in [0.29, 0.717) is 0 Å². The summed E-state index contributed by atoms with van der Waals surface area (Å²) in [7, 11) is 0. The summed E-state index contributed by atoms with van der Waals surface area (Å²) in [4.78, 5) is 35.2.